The molecule has 0 atom stereocenters. The third-order valence-corrected chi connectivity index (χ3v) is 24.0. The van der Waals surface area contributed by atoms with Crippen molar-refractivity contribution >= 4 is 130 Å². The van der Waals surface area contributed by atoms with E-state index < -0.39 is 0 Å². The van der Waals surface area contributed by atoms with Crippen molar-refractivity contribution < 1.29 is 0 Å². The van der Waals surface area contributed by atoms with E-state index in [-0.39, 0.29) is 0 Å². The van der Waals surface area contributed by atoms with Gasteiger partial charge in [0.2, 0.25) is 17.8 Å². The lowest BCUT2D eigenvalue weighted by Crippen LogP contribution is -2.03. The molecule has 6 heterocycles. The number of aromatic nitrogens is 9. The van der Waals surface area contributed by atoms with Crippen molar-refractivity contribution in [2.24, 2.45) is 0 Å². The van der Waals surface area contributed by atoms with Crippen LogP contribution in [0.15, 0.2) is 443 Å². The van der Waals surface area contributed by atoms with Crippen LogP contribution in [-0.2, 0) is 0 Å². The lowest BCUT2D eigenvalue weighted by molar-refractivity contribution is 1.01. The number of rotatable bonds is 10. The van der Waals surface area contributed by atoms with Gasteiger partial charge in [0.1, 0.15) is 0 Å². The number of hydrogen-bond acceptors (Lipinski definition) is 6. The monoisotopic (exact) mass is 1570 g/mol. The molecule has 0 aliphatic heterocycles. The summed E-state index contributed by atoms with van der Waals surface area (Å²) in [7, 11) is 0. The number of hydrogen-bond donors (Lipinski definition) is 0. The summed E-state index contributed by atoms with van der Waals surface area (Å²) in [4.78, 5) is 31.4. The summed E-state index contributed by atoms with van der Waals surface area (Å²) in [5, 5.41) is 17.7. The number of benzene rings is 19. The number of fused-ring (bicyclic) bond motifs is 18. The van der Waals surface area contributed by atoms with Crippen LogP contribution in [0.4, 0.5) is 0 Å². The molecular formula is C114H73N9. The Morgan fingerprint density at radius 3 is 0.829 bits per heavy atom. The normalized spacial score (nSPS) is 11.6. The maximum absolute atomic E-state index is 5.35. The smallest absolute Gasteiger partial charge is 0.235 e. The highest BCUT2D eigenvalue weighted by Gasteiger charge is 2.26. The molecule has 0 N–H and O–H groups in total. The number of para-hydroxylation sites is 4. The van der Waals surface area contributed by atoms with Gasteiger partial charge in [0, 0.05) is 65.2 Å². The summed E-state index contributed by atoms with van der Waals surface area (Å²) >= 11 is 0. The van der Waals surface area contributed by atoms with Crippen LogP contribution in [0, 0.1) is 0 Å². The maximum Gasteiger partial charge on any atom is 0.235 e. The minimum absolute atomic E-state index is 0.659. The minimum Gasteiger partial charge on any atom is -0.278 e. The van der Waals surface area contributed by atoms with E-state index >= 15 is 0 Å². The van der Waals surface area contributed by atoms with E-state index in [0.29, 0.717) is 17.8 Å². The van der Waals surface area contributed by atoms with E-state index in [4.69, 9.17) is 29.9 Å². The molecule has 0 unspecified atom stereocenters. The summed E-state index contributed by atoms with van der Waals surface area (Å²) in [5.41, 5.74) is 24.8. The van der Waals surface area contributed by atoms with Gasteiger partial charge in [0.05, 0.1) is 66.7 Å². The molecule has 0 saturated carbocycles. The van der Waals surface area contributed by atoms with Crippen molar-refractivity contribution in [1.82, 2.24) is 43.6 Å². The first-order chi connectivity index (χ1) is 61.0. The van der Waals surface area contributed by atoms with Crippen molar-refractivity contribution in [3.8, 4) is 96.1 Å². The highest BCUT2D eigenvalue weighted by atomic mass is 15.2. The predicted octanol–water partition coefficient (Wildman–Crippen LogP) is 29.3. The molecule has 0 aliphatic carbocycles. The molecule has 6 aromatic heterocycles. The fourth-order valence-corrected chi connectivity index (χ4v) is 18.4. The molecule has 0 radical (unpaired) electrons. The minimum atomic E-state index is 0.659. The molecule has 0 fully saturated rings. The quantitative estimate of drug-likeness (QED) is 0.135. The molecule has 0 amide bonds. The van der Waals surface area contributed by atoms with Gasteiger partial charge in [-0.2, -0.15) is 0 Å². The van der Waals surface area contributed by atoms with Gasteiger partial charge in [-0.25, -0.2) is 29.9 Å². The topological polar surface area (TPSA) is 92.1 Å². The second kappa shape index (κ2) is 30.4. The average Bonchev–Trinajstić information content (AvgIpc) is 1.58. The highest BCUT2D eigenvalue weighted by molar-refractivity contribution is 6.27. The molecule has 0 spiro atoms. The molecule has 0 aliphatic rings. The van der Waals surface area contributed by atoms with Crippen LogP contribution < -0.4 is 0 Å². The Kier molecular flexibility index (Phi) is 17.7. The largest absolute Gasteiger partial charge is 0.278 e. The maximum atomic E-state index is 5.35. The van der Waals surface area contributed by atoms with E-state index in [2.05, 4.69) is 420 Å². The summed E-state index contributed by atoms with van der Waals surface area (Å²) in [6.07, 6.45) is 0. The Morgan fingerprint density at radius 2 is 0.431 bits per heavy atom. The van der Waals surface area contributed by atoms with E-state index in [1.807, 2.05) is 36.4 Å². The standard InChI is InChI=1S/C42H27N3.2C36H23N3/c1-4-14-28(15-5-1)31-24-25-35-38(26-31)45(42-43-37-23-13-12-22-34(37)41(44-42)30-18-8-3-9-19-30)39-27-36(29-16-6-2-7-17-29)32-20-10-11-21-33(32)40(35)39;1-3-13-24(14-4-1)30-23-33-34(27-18-8-7-17-26(27)30)29-20-10-12-22-32(29)39(33)36-37-31-21-11-9-19-28(31)35(38-36)25-15-5-2-6-16-25;1-3-11-24(12-4-1)27-19-21-30-33(23-27)39(32-22-20-25-13-7-8-16-28(25)34(30)32)36-37-31-18-10-9-17-29(31)35(38-36)26-14-5-2-6-15-26/h1-27H;2*1-23H. The van der Waals surface area contributed by atoms with Crippen molar-refractivity contribution in [2.45, 2.75) is 0 Å². The first kappa shape index (κ1) is 71.7. The van der Waals surface area contributed by atoms with Crippen molar-refractivity contribution in [1.29, 1.82) is 0 Å². The van der Waals surface area contributed by atoms with Crippen LogP contribution in [0.5, 0.6) is 0 Å². The summed E-state index contributed by atoms with van der Waals surface area (Å²) in [6, 6.07) is 156. The Labute approximate surface area is 708 Å². The molecule has 25 aromatic rings. The van der Waals surface area contributed by atoms with E-state index in [1.54, 1.807) is 0 Å². The Hall–Kier alpha value is -16.6. The van der Waals surface area contributed by atoms with Gasteiger partial charge in [-0.05, 0) is 131 Å². The van der Waals surface area contributed by atoms with Gasteiger partial charge in [-0.1, -0.05) is 388 Å². The Bertz CT molecular complexity index is 8280. The second-order valence-electron chi connectivity index (χ2n) is 31.1. The van der Waals surface area contributed by atoms with E-state index in [9.17, 15) is 0 Å². The first-order valence-corrected chi connectivity index (χ1v) is 41.7. The molecule has 25 rings (SSSR count). The molecule has 0 bridgehead atoms. The fourth-order valence-electron chi connectivity index (χ4n) is 18.4. The SMILES string of the molecule is c1ccc(-c2ccc3c4c5ccccc5c(-c5ccccc5)cc4n(-c4nc(-c5ccccc5)c5ccccc5n4)c3c2)cc1.c1ccc(-c2ccc3c4c5ccccc5ccc4n(-c4nc(-c5ccccc5)c5ccccc5n4)c3c2)cc1.c1ccc(-c2nc(-n3c4ccccc4c4c5ccccc5c(-c5ccccc5)cc43)nc3ccccc23)cc1. The zero-order valence-corrected chi connectivity index (χ0v) is 66.7. The molecule has 574 valence electrons. The van der Waals surface area contributed by atoms with Crippen LogP contribution in [0.3, 0.4) is 0 Å². The highest BCUT2D eigenvalue weighted by Crippen LogP contribution is 2.47. The van der Waals surface area contributed by atoms with Crippen LogP contribution in [0.1, 0.15) is 0 Å². The van der Waals surface area contributed by atoms with Crippen LogP contribution in [0.25, 0.3) is 227 Å². The summed E-state index contributed by atoms with van der Waals surface area (Å²) in [6.45, 7) is 0. The van der Waals surface area contributed by atoms with Gasteiger partial charge in [0.25, 0.3) is 0 Å². The lowest BCUT2D eigenvalue weighted by atomic mass is 9.94. The molecule has 0 saturated heterocycles. The zero-order chi connectivity index (χ0) is 81.3. The Balaban J connectivity index is 0.000000107. The third kappa shape index (κ3) is 12.6. The third-order valence-electron chi connectivity index (χ3n) is 24.0. The van der Waals surface area contributed by atoms with Gasteiger partial charge >= 0.3 is 0 Å². The molecule has 19 aromatic carbocycles. The van der Waals surface area contributed by atoms with Crippen LogP contribution in [0.2, 0.25) is 0 Å². The lowest BCUT2D eigenvalue weighted by Gasteiger charge is -2.13. The zero-order valence-electron chi connectivity index (χ0n) is 66.7. The fraction of sp³-hybridized carbons (Fsp3) is 0. The predicted molar refractivity (Wildman–Crippen MR) is 512 cm³/mol. The molecule has 9 heteroatoms. The van der Waals surface area contributed by atoms with Gasteiger partial charge in [0.15, 0.2) is 0 Å². The summed E-state index contributed by atoms with van der Waals surface area (Å²) < 4.78 is 6.75. The van der Waals surface area contributed by atoms with Gasteiger partial charge in [-0.15, -0.1) is 0 Å². The second-order valence-corrected chi connectivity index (χ2v) is 31.1. The van der Waals surface area contributed by atoms with Crippen molar-refractivity contribution in [3.63, 3.8) is 0 Å². The molecular weight excluding hydrogens is 1500 g/mol. The Morgan fingerprint density at radius 1 is 0.146 bits per heavy atom. The van der Waals surface area contributed by atoms with Gasteiger partial charge in [-0.3, -0.25) is 13.7 Å². The molecule has 9 nitrogen and oxygen atoms in total. The van der Waals surface area contributed by atoms with Gasteiger partial charge < -0.3 is 0 Å². The first-order valence-electron chi connectivity index (χ1n) is 41.7. The average molecular weight is 1570 g/mol. The van der Waals surface area contributed by atoms with Crippen molar-refractivity contribution in [2.75, 3.05) is 0 Å². The van der Waals surface area contributed by atoms with E-state index in [0.717, 1.165) is 105 Å². The molecule has 123 heavy (non-hydrogen) atoms. The number of nitrogens with zero attached hydrogens (tertiary/aromatic N) is 9. The van der Waals surface area contributed by atoms with Crippen LogP contribution in [-0.4, -0.2) is 43.6 Å². The van der Waals surface area contributed by atoms with E-state index in [1.165, 1.54) is 104 Å². The van der Waals surface area contributed by atoms with Crippen LogP contribution >= 0.6 is 0 Å². The summed E-state index contributed by atoms with van der Waals surface area (Å²) in [5.74, 6) is 2.01. The van der Waals surface area contributed by atoms with Crippen molar-refractivity contribution in [3.05, 3.63) is 443 Å².